The summed E-state index contributed by atoms with van der Waals surface area (Å²) in [5.41, 5.74) is 3.22. The van der Waals surface area contributed by atoms with E-state index in [9.17, 15) is 4.79 Å². The van der Waals surface area contributed by atoms with Crippen LogP contribution in [0.1, 0.15) is 16.7 Å². The van der Waals surface area contributed by atoms with Crippen LogP contribution >= 0.6 is 24.0 Å². The lowest BCUT2D eigenvalue weighted by molar-refractivity contribution is -0.127. The summed E-state index contributed by atoms with van der Waals surface area (Å²) in [6, 6.07) is 13.8. The number of benzene rings is 2. The summed E-state index contributed by atoms with van der Waals surface area (Å²) in [5.74, 6) is 2.15. The van der Waals surface area contributed by atoms with Crippen LogP contribution in [-0.4, -0.2) is 51.6 Å². The van der Waals surface area contributed by atoms with E-state index in [0.717, 1.165) is 28.2 Å². The van der Waals surface area contributed by atoms with Gasteiger partial charge in [0.25, 0.3) is 0 Å². The van der Waals surface area contributed by atoms with Crippen LogP contribution in [0, 0.1) is 6.92 Å². The van der Waals surface area contributed by atoms with E-state index in [0.29, 0.717) is 19.0 Å². The monoisotopic (exact) mass is 526 g/mol. The highest BCUT2D eigenvalue weighted by Crippen LogP contribution is 2.17. The van der Waals surface area contributed by atoms with Crippen LogP contribution in [0.4, 0.5) is 0 Å². The fourth-order valence-corrected chi connectivity index (χ4v) is 2.62. The lowest BCUT2D eigenvalue weighted by Crippen LogP contribution is -2.42. The van der Waals surface area contributed by atoms with E-state index in [1.54, 1.807) is 33.2 Å². The van der Waals surface area contributed by atoms with Gasteiger partial charge >= 0.3 is 0 Å². The molecule has 8 heteroatoms. The largest absolute Gasteiger partial charge is 0.497 e. The van der Waals surface area contributed by atoms with E-state index in [2.05, 4.69) is 21.7 Å². The minimum absolute atomic E-state index is 0. The van der Waals surface area contributed by atoms with E-state index < -0.39 is 0 Å². The van der Waals surface area contributed by atoms with Gasteiger partial charge in [0.1, 0.15) is 11.5 Å². The van der Waals surface area contributed by atoms with Crippen molar-refractivity contribution >= 4 is 35.8 Å². The van der Waals surface area contributed by atoms with Crippen molar-refractivity contribution in [2.75, 3.05) is 34.9 Å². The highest BCUT2D eigenvalue weighted by Gasteiger charge is 2.07. The van der Waals surface area contributed by atoms with Crippen LogP contribution in [0.5, 0.6) is 11.5 Å². The van der Waals surface area contributed by atoms with Gasteiger partial charge in [-0.05, 0) is 47.9 Å². The first-order chi connectivity index (χ1) is 13.9. The normalized spacial score (nSPS) is 10.6. The molecule has 0 aliphatic heterocycles. The molecule has 1 amide bonds. The van der Waals surface area contributed by atoms with Crippen molar-refractivity contribution in [2.45, 2.75) is 20.0 Å². The Kier molecular flexibility index (Phi) is 11.0. The fourth-order valence-electron chi connectivity index (χ4n) is 2.62. The summed E-state index contributed by atoms with van der Waals surface area (Å²) in [6.45, 7) is 3.22. The molecule has 164 valence electrons. The number of aryl methyl sites for hydroxylation is 1. The van der Waals surface area contributed by atoms with Gasteiger partial charge in [0.05, 0.1) is 27.3 Å². The van der Waals surface area contributed by atoms with Crippen molar-refractivity contribution in [3.05, 3.63) is 59.2 Å². The number of nitrogens with zero attached hydrogens (tertiary/aromatic N) is 2. The molecule has 2 rings (SSSR count). The molecular formula is C22H31IN4O3. The van der Waals surface area contributed by atoms with Gasteiger partial charge in [-0.25, -0.2) is 4.99 Å². The average Bonchev–Trinajstić information content (AvgIpc) is 2.72. The number of carbonyl (C=O) groups is 1. The molecule has 0 radical (unpaired) electrons. The average molecular weight is 526 g/mol. The number of halogens is 1. The molecule has 0 unspecified atom stereocenters. The molecule has 0 aromatic heterocycles. The van der Waals surface area contributed by atoms with Crippen LogP contribution in [0.15, 0.2) is 47.5 Å². The number of likely N-dealkylation sites (N-methyl/N-ethyl adjacent to an activating group) is 1. The Morgan fingerprint density at radius 1 is 0.967 bits per heavy atom. The molecule has 0 aliphatic rings. The molecule has 0 atom stereocenters. The van der Waals surface area contributed by atoms with Gasteiger partial charge in [0.15, 0.2) is 5.96 Å². The molecule has 2 N–H and O–H groups in total. The predicted octanol–water partition coefficient (Wildman–Crippen LogP) is 2.95. The van der Waals surface area contributed by atoms with Gasteiger partial charge < -0.3 is 25.0 Å². The van der Waals surface area contributed by atoms with Gasteiger partial charge in [0, 0.05) is 20.6 Å². The topological polar surface area (TPSA) is 75.2 Å². The van der Waals surface area contributed by atoms with E-state index in [-0.39, 0.29) is 36.4 Å². The van der Waals surface area contributed by atoms with Gasteiger partial charge in [-0.2, -0.15) is 0 Å². The fraction of sp³-hybridized carbons (Fsp3) is 0.364. The summed E-state index contributed by atoms with van der Waals surface area (Å²) in [7, 11) is 6.75. The predicted molar refractivity (Wildman–Crippen MR) is 131 cm³/mol. The van der Waals surface area contributed by atoms with Crippen molar-refractivity contribution in [3.63, 3.8) is 0 Å². The van der Waals surface area contributed by atoms with Crippen LogP contribution in [0.25, 0.3) is 0 Å². The summed E-state index contributed by atoms with van der Waals surface area (Å²) in [5, 5.41) is 6.38. The third kappa shape index (κ3) is 8.48. The zero-order valence-corrected chi connectivity index (χ0v) is 20.5. The molecule has 2 aromatic carbocycles. The Bertz CT molecular complexity index is 839. The number of amides is 1. The molecule has 7 nitrogen and oxygen atoms in total. The smallest absolute Gasteiger partial charge is 0.241 e. The Morgan fingerprint density at radius 3 is 2.23 bits per heavy atom. The minimum atomic E-state index is -0.0267. The van der Waals surface area contributed by atoms with Crippen molar-refractivity contribution in [1.29, 1.82) is 0 Å². The molecular weight excluding hydrogens is 495 g/mol. The number of carbonyl (C=O) groups excluding carboxylic acids is 1. The van der Waals surface area contributed by atoms with Crippen molar-refractivity contribution < 1.29 is 14.3 Å². The molecule has 0 aliphatic carbocycles. The second kappa shape index (κ2) is 12.9. The number of nitrogens with one attached hydrogen (secondary N) is 2. The number of ether oxygens (including phenoxy) is 2. The first-order valence-corrected chi connectivity index (χ1v) is 9.41. The number of methoxy groups -OCH3 is 2. The minimum Gasteiger partial charge on any atom is -0.497 e. The molecule has 0 bridgehead atoms. The molecule has 30 heavy (non-hydrogen) atoms. The van der Waals surface area contributed by atoms with E-state index >= 15 is 0 Å². The zero-order valence-electron chi connectivity index (χ0n) is 18.2. The van der Waals surface area contributed by atoms with Crippen molar-refractivity contribution in [3.8, 4) is 11.5 Å². The van der Waals surface area contributed by atoms with E-state index in [1.165, 1.54) is 0 Å². The maximum Gasteiger partial charge on any atom is 0.241 e. The molecule has 0 saturated heterocycles. The number of rotatable bonds is 8. The lowest BCUT2D eigenvalue weighted by Gasteiger charge is -2.15. The van der Waals surface area contributed by atoms with Crippen molar-refractivity contribution in [1.82, 2.24) is 15.5 Å². The molecule has 0 spiro atoms. The quantitative estimate of drug-likeness (QED) is 0.315. The number of hydrogen-bond acceptors (Lipinski definition) is 4. The van der Waals surface area contributed by atoms with Crippen LogP contribution in [-0.2, 0) is 17.9 Å². The standard InChI is InChI=1S/C22H30N4O3.HI/c1-16-10-18(12-20(11-16)29-5)14-24-22(25-15-21(27)26(2)3)23-13-17-6-8-19(28-4)9-7-17;/h6-12H,13-15H2,1-5H3,(H2,23,24,25);1H. The second-order valence-electron chi connectivity index (χ2n) is 6.87. The van der Waals surface area contributed by atoms with Crippen molar-refractivity contribution in [2.24, 2.45) is 4.99 Å². The third-order valence-electron chi connectivity index (χ3n) is 4.29. The SMILES string of the molecule is COc1ccc(CNC(=NCc2cc(C)cc(OC)c2)NCC(=O)N(C)C)cc1.I. The number of guanidine groups is 1. The van der Waals surface area contributed by atoms with Gasteiger partial charge in [-0.1, -0.05) is 18.2 Å². The summed E-state index contributed by atoms with van der Waals surface area (Å²) >= 11 is 0. The maximum atomic E-state index is 11.9. The Hall–Kier alpha value is -2.49. The lowest BCUT2D eigenvalue weighted by atomic mass is 10.1. The summed E-state index contributed by atoms with van der Waals surface area (Å²) in [6.07, 6.45) is 0. The summed E-state index contributed by atoms with van der Waals surface area (Å²) < 4.78 is 10.5. The van der Waals surface area contributed by atoms with E-state index in [4.69, 9.17) is 9.47 Å². The Morgan fingerprint density at radius 2 is 1.63 bits per heavy atom. The molecule has 2 aromatic rings. The molecule has 0 heterocycles. The van der Waals surface area contributed by atoms with Gasteiger partial charge in [0.2, 0.25) is 5.91 Å². The highest BCUT2D eigenvalue weighted by atomic mass is 127. The first kappa shape index (κ1) is 25.5. The number of aliphatic imine (C=N–C) groups is 1. The highest BCUT2D eigenvalue weighted by molar-refractivity contribution is 14.0. The maximum absolute atomic E-state index is 11.9. The second-order valence-corrected chi connectivity index (χ2v) is 6.87. The van der Waals surface area contributed by atoms with Crippen LogP contribution in [0.2, 0.25) is 0 Å². The van der Waals surface area contributed by atoms with Crippen LogP contribution < -0.4 is 20.1 Å². The van der Waals surface area contributed by atoms with Gasteiger partial charge in [-0.3, -0.25) is 4.79 Å². The summed E-state index contributed by atoms with van der Waals surface area (Å²) in [4.78, 5) is 18.1. The van der Waals surface area contributed by atoms with Gasteiger partial charge in [-0.15, -0.1) is 24.0 Å². The third-order valence-corrected chi connectivity index (χ3v) is 4.29. The molecule has 0 fully saturated rings. The number of hydrogen-bond donors (Lipinski definition) is 2. The molecule has 0 saturated carbocycles. The Labute approximate surface area is 195 Å². The Balaban J connectivity index is 0.00000450. The zero-order chi connectivity index (χ0) is 21.2. The first-order valence-electron chi connectivity index (χ1n) is 9.41. The van der Waals surface area contributed by atoms with Crippen LogP contribution in [0.3, 0.4) is 0 Å². The van der Waals surface area contributed by atoms with E-state index in [1.807, 2.05) is 43.3 Å².